The molecule has 1 aromatic heterocycles. The third-order valence-corrected chi connectivity index (χ3v) is 3.44. The van der Waals surface area contributed by atoms with Crippen LogP contribution in [-0.2, 0) is 9.47 Å². The largest absolute Gasteiger partial charge is 0.387 e. The van der Waals surface area contributed by atoms with Crippen LogP contribution in [0, 0.1) is 0 Å². The van der Waals surface area contributed by atoms with Crippen molar-refractivity contribution in [2.75, 3.05) is 13.7 Å². The molecule has 3 N–H and O–H groups in total. The molecule has 0 amide bonds. The molecule has 0 radical (unpaired) electrons. The van der Waals surface area contributed by atoms with E-state index in [0.29, 0.717) is 6.54 Å². The molecule has 21 heavy (non-hydrogen) atoms. The van der Waals surface area contributed by atoms with Crippen molar-refractivity contribution in [3.05, 3.63) is 33.1 Å². The van der Waals surface area contributed by atoms with Gasteiger partial charge in [-0.1, -0.05) is 13.8 Å². The van der Waals surface area contributed by atoms with Crippen LogP contribution >= 0.6 is 0 Å². The van der Waals surface area contributed by atoms with Crippen LogP contribution in [0.25, 0.3) is 0 Å². The molecule has 1 aliphatic rings. The van der Waals surface area contributed by atoms with Gasteiger partial charge in [0, 0.05) is 32.0 Å². The van der Waals surface area contributed by atoms with Crippen molar-refractivity contribution in [2.24, 2.45) is 0 Å². The van der Waals surface area contributed by atoms with Crippen LogP contribution in [-0.4, -0.2) is 52.7 Å². The van der Waals surface area contributed by atoms with Gasteiger partial charge in [-0.3, -0.25) is 14.3 Å². The molecular formula is C13H21N3O5. The smallest absolute Gasteiger partial charge is 0.330 e. The van der Waals surface area contributed by atoms with Crippen molar-refractivity contribution < 1.29 is 14.6 Å². The number of aromatic nitrogens is 2. The van der Waals surface area contributed by atoms with E-state index in [-0.39, 0.29) is 6.04 Å². The Labute approximate surface area is 121 Å². The Morgan fingerprint density at radius 3 is 2.81 bits per heavy atom. The lowest BCUT2D eigenvalue weighted by Gasteiger charge is -2.19. The van der Waals surface area contributed by atoms with Crippen molar-refractivity contribution in [1.29, 1.82) is 0 Å². The molecule has 4 atom stereocenters. The monoisotopic (exact) mass is 299 g/mol. The number of hydrogen-bond donors (Lipinski definition) is 3. The second kappa shape index (κ2) is 6.52. The lowest BCUT2D eigenvalue weighted by molar-refractivity contribution is -0.0537. The number of aliphatic hydroxyl groups excluding tert-OH is 1. The van der Waals surface area contributed by atoms with Crippen LogP contribution in [0.3, 0.4) is 0 Å². The molecule has 2 unspecified atom stereocenters. The van der Waals surface area contributed by atoms with Crippen LogP contribution in [0.2, 0.25) is 0 Å². The van der Waals surface area contributed by atoms with Crippen LogP contribution in [0.4, 0.5) is 0 Å². The molecule has 0 bridgehead atoms. The summed E-state index contributed by atoms with van der Waals surface area (Å²) >= 11 is 0. The Morgan fingerprint density at radius 1 is 1.52 bits per heavy atom. The number of ether oxygens (including phenoxy) is 2. The van der Waals surface area contributed by atoms with E-state index in [0.717, 1.165) is 0 Å². The first-order valence-corrected chi connectivity index (χ1v) is 6.85. The Morgan fingerprint density at radius 2 is 2.24 bits per heavy atom. The highest BCUT2D eigenvalue weighted by atomic mass is 16.6. The predicted octanol–water partition coefficient (Wildman–Crippen LogP) is -1.19. The second-order valence-electron chi connectivity index (χ2n) is 5.34. The summed E-state index contributed by atoms with van der Waals surface area (Å²) in [5, 5.41) is 13.4. The molecule has 2 heterocycles. The summed E-state index contributed by atoms with van der Waals surface area (Å²) in [6.07, 6.45) is -1.50. The lowest BCUT2D eigenvalue weighted by atomic mass is 10.1. The molecule has 1 aromatic rings. The van der Waals surface area contributed by atoms with Crippen LogP contribution in [0.15, 0.2) is 21.9 Å². The standard InChI is InChI=1S/C13H21N3O5/c1-7(2)14-6-8-10(18)11(20-3)12(21-8)16-5-4-9(17)15-13(16)19/h4-5,7-8,10-12,14,18H,6H2,1-3H3,(H,15,17,19)/t8?,10-,11-,12?/m0/s1. The van der Waals surface area contributed by atoms with E-state index < -0.39 is 35.8 Å². The van der Waals surface area contributed by atoms with Crippen LogP contribution < -0.4 is 16.6 Å². The van der Waals surface area contributed by atoms with Gasteiger partial charge in [0.25, 0.3) is 5.56 Å². The first-order valence-electron chi connectivity index (χ1n) is 6.85. The Kier molecular flexibility index (Phi) is 4.94. The molecular weight excluding hydrogens is 278 g/mol. The van der Waals surface area contributed by atoms with Gasteiger partial charge in [-0.25, -0.2) is 4.79 Å². The maximum Gasteiger partial charge on any atom is 0.330 e. The number of hydrogen-bond acceptors (Lipinski definition) is 6. The number of nitrogens with zero attached hydrogens (tertiary/aromatic N) is 1. The molecule has 8 heteroatoms. The van der Waals surface area contributed by atoms with Gasteiger partial charge in [-0.2, -0.15) is 0 Å². The van der Waals surface area contributed by atoms with Gasteiger partial charge in [-0.15, -0.1) is 0 Å². The molecule has 1 fully saturated rings. The first kappa shape index (κ1) is 15.9. The number of rotatable bonds is 5. The van der Waals surface area contributed by atoms with Crippen molar-refractivity contribution in [3.8, 4) is 0 Å². The quantitative estimate of drug-likeness (QED) is 0.631. The van der Waals surface area contributed by atoms with E-state index in [1.807, 2.05) is 13.8 Å². The van der Waals surface area contributed by atoms with E-state index in [2.05, 4.69) is 10.3 Å². The van der Waals surface area contributed by atoms with E-state index in [1.54, 1.807) is 0 Å². The Hall–Kier alpha value is -1.48. The molecule has 8 nitrogen and oxygen atoms in total. The topological polar surface area (TPSA) is 106 Å². The fourth-order valence-corrected chi connectivity index (χ4v) is 2.35. The van der Waals surface area contributed by atoms with Gasteiger partial charge in [0.1, 0.15) is 18.3 Å². The maximum absolute atomic E-state index is 11.8. The van der Waals surface area contributed by atoms with E-state index in [9.17, 15) is 14.7 Å². The summed E-state index contributed by atoms with van der Waals surface area (Å²) < 4.78 is 12.2. The summed E-state index contributed by atoms with van der Waals surface area (Å²) in [6.45, 7) is 4.41. The van der Waals surface area contributed by atoms with Gasteiger partial charge in [0.2, 0.25) is 0 Å². The molecule has 0 spiro atoms. The molecule has 0 aliphatic carbocycles. The van der Waals surface area contributed by atoms with Crippen molar-refractivity contribution in [1.82, 2.24) is 14.9 Å². The number of aromatic amines is 1. The molecule has 118 valence electrons. The number of H-pyrrole nitrogens is 1. The molecule has 2 rings (SSSR count). The van der Waals surface area contributed by atoms with Crippen LogP contribution in [0.5, 0.6) is 0 Å². The molecule has 0 saturated carbocycles. The van der Waals surface area contributed by atoms with Gasteiger partial charge in [0.05, 0.1) is 0 Å². The molecule has 0 aromatic carbocycles. The first-order chi connectivity index (χ1) is 9.93. The highest BCUT2D eigenvalue weighted by molar-refractivity contribution is 4.94. The van der Waals surface area contributed by atoms with Crippen molar-refractivity contribution >= 4 is 0 Å². The third kappa shape index (κ3) is 3.41. The highest BCUT2D eigenvalue weighted by Crippen LogP contribution is 2.30. The fraction of sp³-hybridized carbons (Fsp3) is 0.692. The number of methoxy groups -OCH3 is 1. The maximum atomic E-state index is 11.8. The molecule has 1 aliphatic heterocycles. The number of nitrogens with one attached hydrogen (secondary N) is 2. The second-order valence-corrected chi connectivity index (χ2v) is 5.34. The predicted molar refractivity (Wildman–Crippen MR) is 75.2 cm³/mol. The Balaban J connectivity index is 2.22. The minimum Gasteiger partial charge on any atom is -0.387 e. The Bertz CT molecular complexity index is 582. The third-order valence-electron chi connectivity index (χ3n) is 3.44. The molecule has 1 saturated heterocycles. The summed E-state index contributed by atoms with van der Waals surface area (Å²) in [7, 11) is 1.44. The summed E-state index contributed by atoms with van der Waals surface area (Å²) in [4.78, 5) is 25.1. The summed E-state index contributed by atoms with van der Waals surface area (Å²) in [5.74, 6) is 0. The van der Waals surface area contributed by atoms with E-state index in [4.69, 9.17) is 9.47 Å². The average molecular weight is 299 g/mol. The highest BCUT2D eigenvalue weighted by Gasteiger charge is 2.45. The minimum absolute atomic E-state index is 0.247. The SMILES string of the molecule is CO[C@@H]1C(n2ccc(=O)[nH]c2=O)OC(CNC(C)C)[C@@H]1O. The normalized spacial score (nSPS) is 29.2. The zero-order chi connectivity index (χ0) is 15.6. The van der Waals surface area contributed by atoms with E-state index >= 15 is 0 Å². The zero-order valence-corrected chi connectivity index (χ0v) is 12.3. The fourth-order valence-electron chi connectivity index (χ4n) is 2.35. The van der Waals surface area contributed by atoms with Gasteiger partial charge >= 0.3 is 5.69 Å². The van der Waals surface area contributed by atoms with Gasteiger partial charge in [-0.05, 0) is 0 Å². The summed E-state index contributed by atoms with van der Waals surface area (Å²) in [6, 6.07) is 1.47. The number of aliphatic hydroxyl groups is 1. The summed E-state index contributed by atoms with van der Waals surface area (Å²) in [5.41, 5.74) is -1.08. The van der Waals surface area contributed by atoms with Crippen molar-refractivity contribution in [3.63, 3.8) is 0 Å². The van der Waals surface area contributed by atoms with Gasteiger partial charge in [0.15, 0.2) is 6.23 Å². The van der Waals surface area contributed by atoms with Crippen LogP contribution in [0.1, 0.15) is 20.1 Å². The van der Waals surface area contributed by atoms with Gasteiger partial charge < -0.3 is 19.9 Å². The minimum atomic E-state index is -0.870. The van der Waals surface area contributed by atoms with Crippen molar-refractivity contribution in [2.45, 2.75) is 44.4 Å². The zero-order valence-electron chi connectivity index (χ0n) is 12.3. The average Bonchev–Trinajstić information content (AvgIpc) is 2.72. The lowest BCUT2D eigenvalue weighted by Crippen LogP contribution is -2.41. The van der Waals surface area contributed by atoms with E-state index in [1.165, 1.54) is 23.9 Å².